The van der Waals surface area contributed by atoms with Gasteiger partial charge < -0.3 is 10.1 Å². The summed E-state index contributed by atoms with van der Waals surface area (Å²) < 4.78 is 4.93. The number of hydrogen-bond donors (Lipinski definition) is 1. The van der Waals surface area contributed by atoms with Crippen LogP contribution in [0.5, 0.6) is 0 Å². The van der Waals surface area contributed by atoms with Crippen molar-refractivity contribution in [3.8, 4) is 0 Å². The molecule has 2 atom stereocenters. The summed E-state index contributed by atoms with van der Waals surface area (Å²) in [5.74, 6) is 0.159. The van der Waals surface area contributed by atoms with Crippen molar-refractivity contribution in [2.75, 3.05) is 20.3 Å². The zero-order chi connectivity index (χ0) is 12.5. The van der Waals surface area contributed by atoms with E-state index in [2.05, 4.69) is 12.2 Å². The predicted molar refractivity (Wildman–Crippen MR) is 62.5 cm³/mol. The van der Waals surface area contributed by atoms with Crippen LogP contribution in [0.25, 0.3) is 0 Å². The van der Waals surface area contributed by atoms with Crippen LogP contribution >= 0.6 is 0 Å². The Morgan fingerprint density at radius 2 is 2.24 bits per heavy atom. The molecular formula is C12H20N2O3. The number of ether oxygens (including phenoxy) is 1. The van der Waals surface area contributed by atoms with Gasteiger partial charge in [0.15, 0.2) is 0 Å². The number of carbonyl (C=O) groups excluding carboxylic acids is 2. The maximum atomic E-state index is 12.4. The Kier molecular flexibility index (Phi) is 3.38. The van der Waals surface area contributed by atoms with Crippen molar-refractivity contribution in [1.82, 2.24) is 10.2 Å². The van der Waals surface area contributed by atoms with E-state index in [0.717, 1.165) is 25.7 Å². The van der Waals surface area contributed by atoms with E-state index >= 15 is 0 Å². The van der Waals surface area contributed by atoms with Gasteiger partial charge in [-0.05, 0) is 18.8 Å². The first-order valence-corrected chi connectivity index (χ1v) is 6.25. The molecule has 2 aliphatic rings. The van der Waals surface area contributed by atoms with Crippen LogP contribution < -0.4 is 5.32 Å². The lowest BCUT2D eigenvalue weighted by molar-refractivity contribution is -0.134. The van der Waals surface area contributed by atoms with Crippen LogP contribution in [0.2, 0.25) is 0 Å². The summed E-state index contributed by atoms with van der Waals surface area (Å²) in [5, 5.41) is 2.91. The Bertz CT molecular complexity index is 332. The minimum absolute atomic E-state index is 0.0632. The SMILES string of the molecule is COCCN1C(=O)NC2(CCCCC2C)C1=O. The van der Waals surface area contributed by atoms with Gasteiger partial charge in [-0.1, -0.05) is 19.8 Å². The number of rotatable bonds is 3. The molecule has 0 aromatic heterocycles. The Morgan fingerprint density at radius 3 is 2.88 bits per heavy atom. The fourth-order valence-electron chi connectivity index (χ4n) is 2.88. The molecule has 2 unspecified atom stereocenters. The number of nitrogens with zero attached hydrogens (tertiary/aromatic N) is 1. The number of imide groups is 1. The van der Waals surface area contributed by atoms with Crippen LogP contribution in [0.1, 0.15) is 32.6 Å². The summed E-state index contributed by atoms with van der Waals surface area (Å²) in [6.45, 7) is 2.79. The smallest absolute Gasteiger partial charge is 0.325 e. The molecule has 5 heteroatoms. The lowest BCUT2D eigenvalue weighted by atomic mass is 9.73. The van der Waals surface area contributed by atoms with Crippen molar-refractivity contribution in [2.45, 2.75) is 38.1 Å². The first-order valence-electron chi connectivity index (χ1n) is 6.25. The molecule has 1 aliphatic heterocycles. The largest absolute Gasteiger partial charge is 0.383 e. The second kappa shape index (κ2) is 4.64. The van der Waals surface area contributed by atoms with Crippen molar-refractivity contribution in [3.63, 3.8) is 0 Å². The summed E-state index contributed by atoms with van der Waals surface area (Å²) in [5.41, 5.74) is -0.636. The maximum absolute atomic E-state index is 12.4. The van der Waals surface area contributed by atoms with E-state index in [1.165, 1.54) is 4.90 Å². The zero-order valence-corrected chi connectivity index (χ0v) is 10.5. The Morgan fingerprint density at radius 1 is 1.47 bits per heavy atom. The van der Waals surface area contributed by atoms with Gasteiger partial charge in [-0.25, -0.2) is 4.79 Å². The molecule has 1 aliphatic carbocycles. The molecule has 0 aromatic rings. The molecule has 0 bridgehead atoms. The molecule has 5 nitrogen and oxygen atoms in total. The molecule has 1 saturated carbocycles. The van der Waals surface area contributed by atoms with Crippen LogP contribution in [0.4, 0.5) is 4.79 Å². The van der Waals surface area contributed by atoms with Gasteiger partial charge in [-0.2, -0.15) is 0 Å². The summed E-state index contributed by atoms with van der Waals surface area (Å²) in [7, 11) is 1.57. The monoisotopic (exact) mass is 240 g/mol. The van der Waals surface area contributed by atoms with Crippen molar-refractivity contribution in [1.29, 1.82) is 0 Å². The first kappa shape index (κ1) is 12.4. The third-order valence-electron chi connectivity index (χ3n) is 4.02. The van der Waals surface area contributed by atoms with Gasteiger partial charge in [0.25, 0.3) is 5.91 Å². The van der Waals surface area contributed by atoms with Gasteiger partial charge in [0.2, 0.25) is 0 Å². The number of methoxy groups -OCH3 is 1. The zero-order valence-electron chi connectivity index (χ0n) is 10.5. The number of amides is 3. The van der Waals surface area contributed by atoms with Crippen LogP contribution in [-0.4, -0.2) is 42.6 Å². The van der Waals surface area contributed by atoms with Gasteiger partial charge in [0.05, 0.1) is 13.2 Å². The van der Waals surface area contributed by atoms with E-state index in [1.807, 2.05) is 0 Å². The molecule has 2 rings (SSSR count). The van der Waals surface area contributed by atoms with Crippen molar-refractivity contribution in [2.24, 2.45) is 5.92 Å². The quantitative estimate of drug-likeness (QED) is 0.752. The number of hydrogen-bond acceptors (Lipinski definition) is 3. The third kappa shape index (κ3) is 1.92. The summed E-state index contributed by atoms with van der Waals surface area (Å²) in [6, 6.07) is -0.263. The van der Waals surface area contributed by atoms with E-state index in [4.69, 9.17) is 4.74 Å². The fourth-order valence-corrected chi connectivity index (χ4v) is 2.88. The normalized spacial score (nSPS) is 33.3. The average molecular weight is 240 g/mol. The Balaban J connectivity index is 2.16. The molecule has 3 amide bonds. The van der Waals surface area contributed by atoms with Gasteiger partial charge in [-0.3, -0.25) is 9.69 Å². The molecule has 1 spiro atoms. The minimum atomic E-state index is -0.636. The third-order valence-corrected chi connectivity index (χ3v) is 4.02. The van der Waals surface area contributed by atoms with Crippen molar-refractivity contribution >= 4 is 11.9 Å². The topological polar surface area (TPSA) is 58.6 Å². The highest BCUT2D eigenvalue weighted by Gasteiger charge is 2.54. The number of nitrogens with one attached hydrogen (secondary N) is 1. The molecule has 1 heterocycles. The van der Waals surface area contributed by atoms with E-state index in [-0.39, 0.29) is 17.9 Å². The standard InChI is InChI=1S/C12H20N2O3/c1-9-5-3-4-6-12(9)10(15)14(7-8-17-2)11(16)13-12/h9H,3-8H2,1-2H3,(H,13,16). The van der Waals surface area contributed by atoms with E-state index in [9.17, 15) is 9.59 Å². The van der Waals surface area contributed by atoms with Crippen molar-refractivity contribution < 1.29 is 14.3 Å². The second-order valence-electron chi connectivity index (χ2n) is 5.00. The molecular weight excluding hydrogens is 220 g/mol. The van der Waals surface area contributed by atoms with E-state index in [1.54, 1.807) is 7.11 Å². The highest BCUT2D eigenvalue weighted by molar-refractivity contribution is 6.07. The Labute approximate surface area is 101 Å². The van der Waals surface area contributed by atoms with Gasteiger partial charge >= 0.3 is 6.03 Å². The van der Waals surface area contributed by atoms with Crippen LogP contribution in [0.15, 0.2) is 0 Å². The van der Waals surface area contributed by atoms with Crippen LogP contribution in [0.3, 0.4) is 0 Å². The maximum Gasteiger partial charge on any atom is 0.325 e. The summed E-state index contributed by atoms with van der Waals surface area (Å²) >= 11 is 0. The van der Waals surface area contributed by atoms with E-state index in [0.29, 0.717) is 13.2 Å². The molecule has 17 heavy (non-hydrogen) atoms. The molecule has 1 N–H and O–H groups in total. The minimum Gasteiger partial charge on any atom is -0.383 e. The second-order valence-corrected chi connectivity index (χ2v) is 5.00. The lowest BCUT2D eigenvalue weighted by Gasteiger charge is -2.36. The summed E-state index contributed by atoms with van der Waals surface area (Å²) in [6.07, 6.45) is 3.92. The highest BCUT2D eigenvalue weighted by Crippen LogP contribution is 2.37. The van der Waals surface area contributed by atoms with E-state index < -0.39 is 5.54 Å². The van der Waals surface area contributed by atoms with Crippen molar-refractivity contribution in [3.05, 3.63) is 0 Å². The molecule has 96 valence electrons. The van der Waals surface area contributed by atoms with Crippen LogP contribution in [0, 0.1) is 5.92 Å². The van der Waals surface area contributed by atoms with Gasteiger partial charge in [0, 0.05) is 7.11 Å². The average Bonchev–Trinajstić information content (AvgIpc) is 2.54. The highest BCUT2D eigenvalue weighted by atomic mass is 16.5. The van der Waals surface area contributed by atoms with Gasteiger partial charge in [0.1, 0.15) is 5.54 Å². The molecule has 0 radical (unpaired) electrons. The van der Waals surface area contributed by atoms with Crippen LogP contribution in [-0.2, 0) is 9.53 Å². The lowest BCUT2D eigenvalue weighted by Crippen LogP contribution is -2.54. The summed E-state index contributed by atoms with van der Waals surface area (Å²) in [4.78, 5) is 25.5. The van der Waals surface area contributed by atoms with Gasteiger partial charge in [-0.15, -0.1) is 0 Å². The number of urea groups is 1. The molecule has 2 fully saturated rings. The number of carbonyl (C=O) groups is 2. The molecule has 0 aromatic carbocycles. The Hall–Kier alpha value is -1.10. The predicted octanol–water partition coefficient (Wildman–Crippen LogP) is 1.13. The first-order chi connectivity index (χ1) is 8.12. The fraction of sp³-hybridized carbons (Fsp3) is 0.833. The molecule has 1 saturated heterocycles.